The minimum absolute atomic E-state index is 0.381. The summed E-state index contributed by atoms with van der Waals surface area (Å²) in [5.74, 6) is -0.878. The minimum atomic E-state index is -0.878. The number of anilines is 1. The Labute approximate surface area is 138 Å². The summed E-state index contributed by atoms with van der Waals surface area (Å²) in [4.78, 5) is 13.4. The molecule has 112 valence electrons. The second-order valence-corrected chi connectivity index (χ2v) is 5.47. The molecule has 0 fully saturated rings. The Morgan fingerprint density at radius 2 is 1.85 bits per heavy atom. The molecule has 0 saturated heterocycles. The summed E-state index contributed by atoms with van der Waals surface area (Å²) in [7, 11) is 3.71. The first-order valence-corrected chi connectivity index (χ1v) is 8.59. The van der Waals surface area contributed by atoms with Crippen LogP contribution in [0, 0.1) is 0 Å². The van der Waals surface area contributed by atoms with Gasteiger partial charge in [0.15, 0.2) is 0 Å². The first-order chi connectivity index (χ1) is 9.52. The van der Waals surface area contributed by atoms with E-state index in [4.69, 9.17) is 0 Å². The predicted octanol–water partition coefficient (Wildman–Crippen LogP) is 5.00. The minimum Gasteiger partial charge on any atom is -0.477 e. The molecular weight excluding hydrogens is 358 g/mol. The Bertz CT molecular complexity index is 568. The summed E-state index contributed by atoms with van der Waals surface area (Å²) in [5, 5.41) is 10.1. The number of halogens is 1. The predicted molar refractivity (Wildman–Crippen MR) is 97.1 cm³/mol. The lowest BCUT2D eigenvalue weighted by molar-refractivity contribution is 0.0703. The number of carboxylic acids is 1. The molecule has 0 unspecified atom stereocenters. The number of aromatic carboxylic acids is 1. The summed E-state index contributed by atoms with van der Waals surface area (Å²) < 4.78 is 1.91. The van der Waals surface area contributed by atoms with Crippen LogP contribution >= 0.6 is 39.9 Å². The van der Waals surface area contributed by atoms with Gasteiger partial charge in [0.1, 0.15) is 4.88 Å². The van der Waals surface area contributed by atoms with Crippen LogP contribution in [0.5, 0.6) is 0 Å². The van der Waals surface area contributed by atoms with Gasteiger partial charge in [-0.25, -0.2) is 4.79 Å². The fourth-order valence-electron chi connectivity index (χ4n) is 1.66. The van der Waals surface area contributed by atoms with Crippen LogP contribution in [0.3, 0.4) is 0 Å². The Kier molecular flexibility index (Phi) is 8.93. The molecule has 6 heteroatoms. The van der Waals surface area contributed by atoms with E-state index >= 15 is 0 Å². The Hall–Kier alpha value is -0.720. The first kappa shape index (κ1) is 19.3. The third-order valence-corrected chi connectivity index (χ3v) is 4.42. The Morgan fingerprint density at radius 3 is 2.30 bits per heavy atom. The fourth-order valence-corrected chi connectivity index (χ4v) is 3.39. The zero-order valence-electron chi connectivity index (χ0n) is 12.3. The van der Waals surface area contributed by atoms with Gasteiger partial charge in [-0.3, -0.25) is 0 Å². The number of hydrogen-bond donors (Lipinski definition) is 2. The van der Waals surface area contributed by atoms with Gasteiger partial charge in [-0.1, -0.05) is 26.0 Å². The van der Waals surface area contributed by atoms with Crippen molar-refractivity contribution in [2.24, 2.45) is 0 Å². The van der Waals surface area contributed by atoms with E-state index in [0.29, 0.717) is 4.88 Å². The molecule has 0 amide bonds. The van der Waals surface area contributed by atoms with Gasteiger partial charge in [-0.05, 0) is 28.3 Å². The summed E-state index contributed by atoms with van der Waals surface area (Å²) >= 11 is 8.27. The maximum atomic E-state index is 11.2. The largest absolute Gasteiger partial charge is 0.477 e. The second kappa shape index (κ2) is 9.26. The highest BCUT2D eigenvalue weighted by Gasteiger charge is 2.20. The van der Waals surface area contributed by atoms with Crippen molar-refractivity contribution in [1.82, 2.24) is 0 Å². The van der Waals surface area contributed by atoms with Crippen LogP contribution < -0.4 is 4.90 Å². The summed E-state index contributed by atoms with van der Waals surface area (Å²) in [6, 6.07) is 5.78. The van der Waals surface area contributed by atoms with Gasteiger partial charge in [0, 0.05) is 24.0 Å². The van der Waals surface area contributed by atoms with E-state index in [1.165, 1.54) is 11.3 Å². The molecule has 1 aromatic heterocycles. The maximum Gasteiger partial charge on any atom is 0.348 e. The average molecular weight is 378 g/mol. The number of rotatable bonds is 2. The number of thiophene rings is 1. The molecule has 2 aromatic rings. The van der Waals surface area contributed by atoms with Crippen molar-refractivity contribution in [2.45, 2.75) is 13.8 Å². The van der Waals surface area contributed by atoms with Crippen molar-refractivity contribution in [3.8, 4) is 0 Å². The van der Waals surface area contributed by atoms with E-state index in [2.05, 4.69) is 28.6 Å². The molecule has 0 bridgehead atoms. The highest BCUT2D eigenvalue weighted by atomic mass is 79.9. The Morgan fingerprint density at radius 1 is 1.30 bits per heavy atom. The van der Waals surface area contributed by atoms with Gasteiger partial charge in [0.2, 0.25) is 0 Å². The Balaban J connectivity index is 0.000000829. The van der Waals surface area contributed by atoms with Gasteiger partial charge < -0.3 is 10.0 Å². The summed E-state index contributed by atoms with van der Waals surface area (Å²) in [6.45, 7) is 4.00. The standard InChI is InChI=1S/C11H10BrNO2S.C2H6.CH4S/c1-13(2)8-6-4-3-5-7(12)9(6)16-10(8)11(14)15;2*1-2/h3-5H,1-2H3,(H,14,15);1-2H3;2H,1H3. The molecule has 1 heterocycles. The number of carbonyl (C=O) groups is 1. The van der Waals surface area contributed by atoms with Gasteiger partial charge in [-0.15, -0.1) is 11.3 Å². The van der Waals surface area contributed by atoms with Crippen LogP contribution in [0.4, 0.5) is 5.69 Å². The number of fused-ring (bicyclic) bond motifs is 1. The van der Waals surface area contributed by atoms with E-state index < -0.39 is 5.97 Å². The molecule has 0 radical (unpaired) electrons. The molecule has 0 aliphatic rings. The van der Waals surface area contributed by atoms with Gasteiger partial charge in [-0.2, -0.15) is 12.6 Å². The molecule has 2 rings (SSSR count). The molecule has 0 aliphatic carbocycles. The van der Waals surface area contributed by atoms with E-state index in [-0.39, 0.29) is 0 Å². The number of thiol groups is 1. The van der Waals surface area contributed by atoms with E-state index in [1.54, 1.807) is 6.26 Å². The molecule has 1 aromatic carbocycles. The van der Waals surface area contributed by atoms with Crippen molar-refractivity contribution in [2.75, 3.05) is 25.3 Å². The van der Waals surface area contributed by atoms with Crippen LogP contribution in [-0.4, -0.2) is 31.4 Å². The number of hydrogen-bond acceptors (Lipinski definition) is 4. The van der Waals surface area contributed by atoms with Gasteiger partial charge in [0.25, 0.3) is 0 Å². The smallest absolute Gasteiger partial charge is 0.348 e. The average Bonchev–Trinajstić information content (AvgIpc) is 2.84. The van der Waals surface area contributed by atoms with Crippen molar-refractivity contribution < 1.29 is 9.90 Å². The highest BCUT2D eigenvalue weighted by Crippen LogP contribution is 2.40. The molecule has 3 nitrogen and oxygen atoms in total. The monoisotopic (exact) mass is 377 g/mol. The zero-order chi connectivity index (χ0) is 15.9. The van der Waals surface area contributed by atoms with Crippen LogP contribution in [0.2, 0.25) is 0 Å². The van der Waals surface area contributed by atoms with Crippen molar-refractivity contribution in [1.29, 1.82) is 0 Å². The number of benzene rings is 1. The summed E-state index contributed by atoms with van der Waals surface area (Å²) in [6.07, 6.45) is 1.69. The third kappa shape index (κ3) is 4.14. The molecule has 0 aliphatic heterocycles. The maximum absolute atomic E-state index is 11.2. The van der Waals surface area contributed by atoms with Crippen molar-refractivity contribution in [3.05, 3.63) is 27.5 Å². The van der Waals surface area contributed by atoms with Crippen molar-refractivity contribution in [3.63, 3.8) is 0 Å². The van der Waals surface area contributed by atoms with Crippen LogP contribution in [0.15, 0.2) is 22.7 Å². The van der Waals surface area contributed by atoms with Crippen LogP contribution in [0.1, 0.15) is 23.5 Å². The number of carboxylic acid groups (broad SMARTS) is 1. The van der Waals surface area contributed by atoms with Crippen LogP contribution in [-0.2, 0) is 0 Å². The lowest BCUT2D eigenvalue weighted by Crippen LogP contribution is -2.11. The number of nitrogens with zero attached hydrogens (tertiary/aromatic N) is 1. The quantitative estimate of drug-likeness (QED) is 0.723. The molecule has 20 heavy (non-hydrogen) atoms. The first-order valence-electron chi connectivity index (χ1n) is 6.08. The topological polar surface area (TPSA) is 40.5 Å². The zero-order valence-corrected chi connectivity index (χ0v) is 15.6. The second-order valence-electron chi connectivity index (χ2n) is 3.60. The van der Waals surface area contributed by atoms with Crippen LogP contribution in [0.25, 0.3) is 10.1 Å². The molecule has 0 spiro atoms. The normalized spacial score (nSPS) is 9.15. The molecule has 1 N–H and O–H groups in total. The van der Waals surface area contributed by atoms with Gasteiger partial charge >= 0.3 is 5.97 Å². The SMILES string of the molecule is CC.CN(C)c1c(C(=O)O)sc2c(Br)cccc12.CS. The van der Waals surface area contributed by atoms with Gasteiger partial charge in [0.05, 0.1) is 10.4 Å². The third-order valence-electron chi connectivity index (χ3n) is 2.28. The highest BCUT2D eigenvalue weighted by molar-refractivity contribution is 9.10. The molecular formula is C14H20BrNO2S2. The van der Waals surface area contributed by atoms with E-state index in [1.807, 2.05) is 51.0 Å². The fraction of sp³-hybridized carbons (Fsp3) is 0.357. The lowest BCUT2D eigenvalue weighted by atomic mass is 10.2. The van der Waals surface area contributed by atoms with Crippen molar-refractivity contribution >= 4 is 61.6 Å². The van der Waals surface area contributed by atoms with E-state index in [9.17, 15) is 9.90 Å². The van der Waals surface area contributed by atoms with E-state index in [0.717, 1.165) is 20.2 Å². The lowest BCUT2D eigenvalue weighted by Gasteiger charge is -2.12. The molecule has 0 atom stereocenters. The molecule has 0 saturated carbocycles. The summed E-state index contributed by atoms with van der Waals surface area (Å²) in [5.41, 5.74) is 0.772.